The van der Waals surface area contributed by atoms with Gasteiger partial charge >= 0.3 is 0 Å². The summed E-state index contributed by atoms with van der Waals surface area (Å²) in [6, 6.07) is 14.5. The summed E-state index contributed by atoms with van der Waals surface area (Å²) < 4.78 is 27.4. The summed E-state index contributed by atoms with van der Waals surface area (Å²) in [4.78, 5) is 5.73. The number of nitrogens with one attached hydrogen (secondary N) is 1. The summed E-state index contributed by atoms with van der Waals surface area (Å²) in [6.07, 6.45) is 0. The molecule has 0 spiro atoms. The number of aryl methyl sites for hydroxylation is 3. The van der Waals surface area contributed by atoms with Crippen molar-refractivity contribution in [2.75, 3.05) is 4.72 Å². The van der Waals surface area contributed by atoms with Crippen LogP contribution >= 0.6 is 11.3 Å². The molecule has 0 atom stereocenters. The molecular formula is C18H18N2O2S2. The molecule has 0 bridgehead atoms. The molecule has 0 saturated carbocycles. The maximum Gasteiger partial charge on any atom is 0.263 e. The van der Waals surface area contributed by atoms with Gasteiger partial charge < -0.3 is 0 Å². The Hall–Kier alpha value is -2.18. The van der Waals surface area contributed by atoms with Crippen LogP contribution in [0.15, 0.2) is 53.4 Å². The SMILES string of the molecule is Cc1ccc(C)c(-c2nc(NS(=O)(=O)c3ccccc3)sc2C)c1. The van der Waals surface area contributed by atoms with E-state index in [1.165, 1.54) is 11.3 Å². The van der Waals surface area contributed by atoms with Gasteiger partial charge in [-0.3, -0.25) is 4.72 Å². The Bertz CT molecular complexity index is 978. The Labute approximate surface area is 146 Å². The molecule has 1 aromatic heterocycles. The molecule has 0 amide bonds. The van der Waals surface area contributed by atoms with Crippen LogP contribution in [0.2, 0.25) is 0 Å². The molecule has 2 aromatic carbocycles. The highest BCUT2D eigenvalue weighted by molar-refractivity contribution is 7.93. The molecule has 6 heteroatoms. The van der Waals surface area contributed by atoms with E-state index in [0.29, 0.717) is 5.13 Å². The van der Waals surface area contributed by atoms with Crippen LogP contribution < -0.4 is 4.72 Å². The van der Waals surface area contributed by atoms with Crippen LogP contribution in [0.5, 0.6) is 0 Å². The third kappa shape index (κ3) is 3.34. The minimum absolute atomic E-state index is 0.228. The van der Waals surface area contributed by atoms with Gasteiger partial charge in [0.15, 0.2) is 5.13 Å². The van der Waals surface area contributed by atoms with E-state index in [1.807, 2.05) is 20.8 Å². The Morgan fingerprint density at radius 3 is 2.42 bits per heavy atom. The highest BCUT2D eigenvalue weighted by Gasteiger charge is 2.18. The lowest BCUT2D eigenvalue weighted by Gasteiger charge is -2.06. The summed E-state index contributed by atoms with van der Waals surface area (Å²) >= 11 is 1.34. The zero-order valence-corrected chi connectivity index (χ0v) is 15.3. The number of hydrogen-bond donors (Lipinski definition) is 1. The normalized spacial score (nSPS) is 11.5. The Morgan fingerprint density at radius 2 is 1.71 bits per heavy atom. The number of aromatic nitrogens is 1. The van der Waals surface area contributed by atoms with Gasteiger partial charge in [0.2, 0.25) is 0 Å². The number of rotatable bonds is 4. The van der Waals surface area contributed by atoms with E-state index in [1.54, 1.807) is 30.3 Å². The largest absolute Gasteiger partial charge is 0.263 e. The fraction of sp³-hybridized carbons (Fsp3) is 0.167. The zero-order valence-electron chi connectivity index (χ0n) is 13.7. The number of nitrogens with zero attached hydrogens (tertiary/aromatic N) is 1. The monoisotopic (exact) mass is 358 g/mol. The summed E-state index contributed by atoms with van der Waals surface area (Å²) in [5.74, 6) is 0. The van der Waals surface area contributed by atoms with Gasteiger partial charge in [-0.25, -0.2) is 13.4 Å². The maximum absolute atomic E-state index is 12.4. The van der Waals surface area contributed by atoms with Crippen molar-refractivity contribution in [2.45, 2.75) is 25.7 Å². The highest BCUT2D eigenvalue weighted by Crippen LogP contribution is 2.33. The lowest BCUT2D eigenvalue weighted by atomic mass is 10.0. The summed E-state index contributed by atoms with van der Waals surface area (Å²) in [7, 11) is -3.62. The molecule has 24 heavy (non-hydrogen) atoms. The van der Waals surface area contributed by atoms with Crippen molar-refractivity contribution < 1.29 is 8.42 Å². The van der Waals surface area contributed by atoms with Crippen molar-refractivity contribution in [1.29, 1.82) is 0 Å². The third-order valence-electron chi connectivity index (χ3n) is 3.72. The van der Waals surface area contributed by atoms with E-state index in [9.17, 15) is 8.42 Å². The van der Waals surface area contributed by atoms with Crippen molar-refractivity contribution >= 4 is 26.5 Å². The predicted octanol–water partition coefficient (Wildman–Crippen LogP) is 4.54. The second kappa shape index (κ2) is 6.37. The van der Waals surface area contributed by atoms with E-state index in [2.05, 4.69) is 27.9 Å². The van der Waals surface area contributed by atoms with Crippen LogP contribution in [0, 0.1) is 20.8 Å². The van der Waals surface area contributed by atoms with Crippen LogP contribution in [0.25, 0.3) is 11.3 Å². The van der Waals surface area contributed by atoms with Gasteiger partial charge in [-0.05, 0) is 44.5 Å². The standard InChI is InChI=1S/C18H18N2O2S2/c1-12-9-10-13(2)16(11-12)17-14(3)23-18(19-17)20-24(21,22)15-7-5-4-6-8-15/h4-11H,1-3H3,(H,19,20). The predicted molar refractivity (Wildman–Crippen MR) is 99.0 cm³/mol. The number of hydrogen-bond acceptors (Lipinski definition) is 4. The first-order chi connectivity index (χ1) is 11.4. The van der Waals surface area contributed by atoms with Gasteiger partial charge in [-0.1, -0.05) is 35.9 Å². The topological polar surface area (TPSA) is 59.1 Å². The molecule has 0 aliphatic rings. The molecule has 3 aromatic rings. The molecular weight excluding hydrogens is 340 g/mol. The molecule has 0 aliphatic heterocycles. The van der Waals surface area contributed by atoms with Crippen LogP contribution in [-0.2, 0) is 10.0 Å². The minimum Gasteiger partial charge on any atom is -0.255 e. The van der Waals surface area contributed by atoms with Crippen molar-refractivity contribution in [1.82, 2.24) is 4.98 Å². The van der Waals surface area contributed by atoms with Crippen LogP contribution in [0.1, 0.15) is 16.0 Å². The second-order valence-electron chi connectivity index (χ2n) is 5.66. The van der Waals surface area contributed by atoms with Gasteiger partial charge in [0.25, 0.3) is 10.0 Å². The average Bonchev–Trinajstić information content (AvgIpc) is 2.90. The average molecular weight is 358 g/mol. The molecule has 0 radical (unpaired) electrons. The Kier molecular flexibility index (Phi) is 4.43. The van der Waals surface area contributed by atoms with E-state index in [0.717, 1.165) is 27.3 Å². The lowest BCUT2D eigenvalue weighted by molar-refractivity contribution is 0.601. The highest BCUT2D eigenvalue weighted by atomic mass is 32.2. The fourth-order valence-corrected chi connectivity index (χ4v) is 4.54. The van der Waals surface area contributed by atoms with Gasteiger partial charge in [0.05, 0.1) is 10.6 Å². The summed E-state index contributed by atoms with van der Waals surface area (Å²) in [5, 5.41) is 0.382. The Balaban J connectivity index is 1.97. The van der Waals surface area contributed by atoms with Crippen LogP contribution in [0.3, 0.4) is 0 Å². The summed E-state index contributed by atoms with van der Waals surface area (Å²) in [6.45, 7) is 6.01. The number of thiazole rings is 1. The summed E-state index contributed by atoms with van der Waals surface area (Å²) in [5.41, 5.74) is 4.13. The molecule has 1 heterocycles. The smallest absolute Gasteiger partial charge is 0.255 e. The molecule has 124 valence electrons. The first kappa shape index (κ1) is 16.7. The number of anilines is 1. The van der Waals surface area contributed by atoms with E-state index in [4.69, 9.17) is 0 Å². The number of benzene rings is 2. The fourth-order valence-electron chi connectivity index (χ4n) is 2.45. The van der Waals surface area contributed by atoms with E-state index < -0.39 is 10.0 Å². The molecule has 4 nitrogen and oxygen atoms in total. The quantitative estimate of drug-likeness (QED) is 0.745. The molecule has 3 rings (SSSR count). The minimum atomic E-state index is -3.62. The van der Waals surface area contributed by atoms with Crippen LogP contribution in [0.4, 0.5) is 5.13 Å². The molecule has 0 saturated heterocycles. The molecule has 0 unspecified atom stereocenters. The van der Waals surface area contributed by atoms with Crippen molar-refractivity contribution in [3.8, 4) is 11.3 Å². The van der Waals surface area contributed by atoms with Crippen LogP contribution in [-0.4, -0.2) is 13.4 Å². The third-order valence-corrected chi connectivity index (χ3v) is 6.09. The lowest BCUT2D eigenvalue weighted by Crippen LogP contribution is -2.12. The molecule has 0 aliphatic carbocycles. The van der Waals surface area contributed by atoms with Gasteiger partial charge in [-0.2, -0.15) is 0 Å². The number of sulfonamides is 1. The van der Waals surface area contributed by atoms with Gasteiger partial charge in [0.1, 0.15) is 0 Å². The van der Waals surface area contributed by atoms with E-state index in [-0.39, 0.29) is 4.90 Å². The van der Waals surface area contributed by atoms with Crippen molar-refractivity contribution in [3.63, 3.8) is 0 Å². The van der Waals surface area contributed by atoms with Crippen molar-refractivity contribution in [3.05, 3.63) is 64.5 Å². The van der Waals surface area contributed by atoms with E-state index >= 15 is 0 Å². The molecule has 1 N–H and O–H groups in total. The second-order valence-corrected chi connectivity index (χ2v) is 8.55. The maximum atomic E-state index is 12.4. The van der Waals surface area contributed by atoms with Gasteiger partial charge in [0, 0.05) is 10.4 Å². The first-order valence-corrected chi connectivity index (χ1v) is 9.80. The zero-order chi connectivity index (χ0) is 17.3. The Morgan fingerprint density at radius 1 is 1.00 bits per heavy atom. The van der Waals surface area contributed by atoms with Gasteiger partial charge in [-0.15, -0.1) is 11.3 Å². The first-order valence-electron chi connectivity index (χ1n) is 7.50. The molecule has 0 fully saturated rings. The van der Waals surface area contributed by atoms with Crippen molar-refractivity contribution in [2.24, 2.45) is 0 Å².